The Morgan fingerprint density at radius 3 is 2.78 bits per heavy atom. The van der Waals surface area contributed by atoms with Crippen LogP contribution >= 0.6 is 11.8 Å². The molecule has 0 saturated carbocycles. The summed E-state index contributed by atoms with van der Waals surface area (Å²) in [5.74, 6) is 1.65. The molecule has 5 nitrogen and oxygen atoms in total. The van der Waals surface area contributed by atoms with Crippen LogP contribution in [0.2, 0.25) is 0 Å². The van der Waals surface area contributed by atoms with Gasteiger partial charge >= 0.3 is 0 Å². The normalized spacial score (nSPS) is 11.0. The molecule has 6 heteroatoms. The Bertz CT molecular complexity index is 654. The van der Waals surface area contributed by atoms with E-state index in [9.17, 15) is 4.79 Å². The van der Waals surface area contributed by atoms with Crippen molar-refractivity contribution in [1.29, 1.82) is 0 Å². The predicted octanol–water partition coefficient (Wildman–Crippen LogP) is 3.93. The van der Waals surface area contributed by atoms with Gasteiger partial charge in [-0.25, -0.2) is 9.97 Å². The lowest BCUT2D eigenvalue weighted by Crippen LogP contribution is -2.27. The van der Waals surface area contributed by atoms with Gasteiger partial charge in [0.05, 0.1) is 17.5 Å². The number of hydrogen-bond donors (Lipinski definition) is 1. The molecule has 2 heterocycles. The summed E-state index contributed by atoms with van der Waals surface area (Å²) < 4.78 is 5.34. The minimum atomic E-state index is -0.110. The largest absolute Gasteiger partial charge is 0.461 e. The van der Waals surface area contributed by atoms with E-state index in [1.54, 1.807) is 12.3 Å². The molecule has 0 aliphatic heterocycles. The van der Waals surface area contributed by atoms with Gasteiger partial charge in [-0.05, 0) is 44.1 Å². The third-order valence-electron chi connectivity index (χ3n) is 3.46. The lowest BCUT2D eigenvalue weighted by molar-refractivity contribution is 0.0947. The van der Waals surface area contributed by atoms with Crippen LogP contribution in [0.4, 0.5) is 0 Å². The molecule has 2 aromatic heterocycles. The number of carbonyl (C=O) groups excluding carboxylic acids is 1. The number of nitrogens with zero attached hydrogens (tertiary/aromatic N) is 2. The number of carbonyl (C=O) groups is 1. The van der Waals surface area contributed by atoms with Gasteiger partial charge in [0.25, 0.3) is 5.91 Å². The summed E-state index contributed by atoms with van der Waals surface area (Å²) in [4.78, 5) is 21.4. The van der Waals surface area contributed by atoms with Gasteiger partial charge < -0.3 is 9.73 Å². The number of thioether (sulfide) groups is 1. The molecule has 0 radical (unpaired) electrons. The summed E-state index contributed by atoms with van der Waals surface area (Å²) in [6.07, 6.45) is 5.57. The van der Waals surface area contributed by atoms with E-state index < -0.39 is 0 Å². The monoisotopic (exact) mass is 333 g/mol. The molecule has 23 heavy (non-hydrogen) atoms. The Morgan fingerprint density at radius 1 is 1.39 bits per heavy atom. The maximum Gasteiger partial charge on any atom is 0.255 e. The molecule has 2 aromatic rings. The number of rotatable bonds is 7. The van der Waals surface area contributed by atoms with E-state index in [2.05, 4.69) is 29.1 Å². The van der Waals surface area contributed by atoms with Crippen molar-refractivity contribution >= 4 is 17.7 Å². The maximum atomic E-state index is 12.5. The average molecular weight is 333 g/mol. The zero-order valence-electron chi connectivity index (χ0n) is 14.0. The third-order valence-corrected chi connectivity index (χ3v) is 4.14. The fraction of sp³-hybridized carbons (Fsp3) is 0.471. The van der Waals surface area contributed by atoms with E-state index in [1.165, 1.54) is 11.8 Å². The first-order valence-electron chi connectivity index (χ1n) is 7.77. The molecular formula is C17H23N3O2S. The molecule has 0 aliphatic carbocycles. The lowest BCUT2D eigenvalue weighted by Gasteiger charge is -2.12. The number of furan rings is 1. The van der Waals surface area contributed by atoms with Crippen LogP contribution in [0.1, 0.15) is 42.7 Å². The van der Waals surface area contributed by atoms with Crippen LogP contribution in [0.15, 0.2) is 27.8 Å². The van der Waals surface area contributed by atoms with E-state index in [0.717, 1.165) is 12.8 Å². The van der Waals surface area contributed by atoms with Crippen LogP contribution in [0.5, 0.6) is 0 Å². The summed E-state index contributed by atoms with van der Waals surface area (Å²) in [7, 11) is 0. The van der Waals surface area contributed by atoms with E-state index in [-0.39, 0.29) is 5.91 Å². The Labute approximate surface area is 141 Å². The fourth-order valence-corrected chi connectivity index (χ4v) is 2.89. The van der Waals surface area contributed by atoms with E-state index >= 15 is 0 Å². The van der Waals surface area contributed by atoms with Crippen molar-refractivity contribution in [2.75, 3.05) is 12.8 Å². The summed E-state index contributed by atoms with van der Waals surface area (Å²) in [6.45, 7) is 6.86. The van der Waals surface area contributed by atoms with Gasteiger partial charge in [-0.2, -0.15) is 0 Å². The van der Waals surface area contributed by atoms with Crippen molar-refractivity contribution in [1.82, 2.24) is 15.3 Å². The van der Waals surface area contributed by atoms with Crippen molar-refractivity contribution in [2.24, 2.45) is 5.92 Å². The van der Waals surface area contributed by atoms with Gasteiger partial charge in [-0.1, -0.05) is 13.8 Å². The number of hydrogen-bond acceptors (Lipinski definition) is 5. The Morgan fingerprint density at radius 2 is 2.17 bits per heavy atom. The Hall–Kier alpha value is -1.82. The molecule has 1 amide bonds. The Kier molecular flexibility index (Phi) is 6.21. The van der Waals surface area contributed by atoms with Crippen molar-refractivity contribution < 1.29 is 9.21 Å². The van der Waals surface area contributed by atoms with Gasteiger partial charge in [-0.3, -0.25) is 4.79 Å². The van der Waals surface area contributed by atoms with Crippen LogP contribution in [0.3, 0.4) is 0 Å². The van der Waals surface area contributed by atoms with Gasteiger partial charge in [0.2, 0.25) is 0 Å². The summed E-state index contributed by atoms with van der Waals surface area (Å²) in [5, 5.41) is 3.64. The fourth-order valence-electron chi connectivity index (χ4n) is 2.27. The van der Waals surface area contributed by atoms with Gasteiger partial charge in [-0.15, -0.1) is 11.8 Å². The zero-order valence-corrected chi connectivity index (χ0v) is 14.9. The van der Waals surface area contributed by atoms with Crippen molar-refractivity contribution in [2.45, 2.75) is 38.6 Å². The number of aryl methyl sites for hydroxylation is 1. The van der Waals surface area contributed by atoms with Crippen molar-refractivity contribution in [3.8, 4) is 11.6 Å². The molecule has 1 N–H and O–H groups in total. The molecule has 0 atom stereocenters. The van der Waals surface area contributed by atoms with Crippen LogP contribution in [-0.4, -0.2) is 28.7 Å². The molecule has 0 bridgehead atoms. The van der Waals surface area contributed by atoms with Crippen LogP contribution in [0.25, 0.3) is 11.6 Å². The van der Waals surface area contributed by atoms with Crippen LogP contribution in [0, 0.1) is 12.8 Å². The number of nitrogens with one attached hydrogen (secondary N) is 1. The highest BCUT2D eigenvalue weighted by molar-refractivity contribution is 7.98. The highest BCUT2D eigenvalue weighted by atomic mass is 32.2. The maximum absolute atomic E-state index is 12.5. The van der Waals surface area contributed by atoms with Crippen LogP contribution in [-0.2, 0) is 0 Å². The SMILES string of the molecule is CSc1nc(-c2ccco2)nc(C)c1C(=O)NCCCC(C)C. The molecule has 0 saturated heterocycles. The highest BCUT2D eigenvalue weighted by Crippen LogP contribution is 2.25. The third kappa shape index (κ3) is 4.58. The topological polar surface area (TPSA) is 68.0 Å². The molecule has 0 unspecified atom stereocenters. The average Bonchev–Trinajstić information content (AvgIpc) is 3.04. The van der Waals surface area contributed by atoms with Gasteiger partial charge in [0.15, 0.2) is 11.6 Å². The second kappa shape index (κ2) is 8.15. The van der Waals surface area contributed by atoms with E-state index in [4.69, 9.17) is 4.42 Å². The van der Waals surface area contributed by atoms with Crippen molar-refractivity contribution in [3.63, 3.8) is 0 Å². The molecule has 2 rings (SSSR count). The lowest BCUT2D eigenvalue weighted by atomic mass is 10.1. The first-order valence-corrected chi connectivity index (χ1v) is 9.00. The number of aromatic nitrogens is 2. The quantitative estimate of drug-likeness (QED) is 0.472. The van der Waals surface area contributed by atoms with E-state index in [0.29, 0.717) is 40.3 Å². The van der Waals surface area contributed by atoms with Gasteiger partial charge in [0, 0.05) is 6.54 Å². The smallest absolute Gasteiger partial charge is 0.255 e. The summed E-state index contributed by atoms with van der Waals surface area (Å²) in [5.41, 5.74) is 1.22. The summed E-state index contributed by atoms with van der Waals surface area (Å²) in [6, 6.07) is 3.60. The molecule has 0 spiro atoms. The van der Waals surface area contributed by atoms with Crippen molar-refractivity contribution in [3.05, 3.63) is 29.7 Å². The first-order chi connectivity index (χ1) is 11.0. The zero-order chi connectivity index (χ0) is 16.8. The molecule has 0 aliphatic rings. The second-order valence-corrected chi connectivity index (χ2v) is 6.58. The minimum absolute atomic E-state index is 0.110. The van der Waals surface area contributed by atoms with E-state index in [1.807, 2.05) is 19.2 Å². The minimum Gasteiger partial charge on any atom is -0.461 e. The van der Waals surface area contributed by atoms with Crippen LogP contribution < -0.4 is 5.32 Å². The van der Waals surface area contributed by atoms with Gasteiger partial charge in [0.1, 0.15) is 5.03 Å². The second-order valence-electron chi connectivity index (χ2n) is 5.79. The molecule has 0 fully saturated rings. The number of amides is 1. The first kappa shape index (κ1) is 17.5. The predicted molar refractivity (Wildman–Crippen MR) is 92.7 cm³/mol. The molecule has 0 aromatic carbocycles. The molecular weight excluding hydrogens is 310 g/mol. The Balaban J connectivity index is 2.16. The summed E-state index contributed by atoms with van der Waals surface area (Å²) >= 11 is 1.44. The molecule has 124 valence electrons. The highest BCUT2D eigenvalue weighted by Gasteiger charge is 2.19. The standard InChI is InChI=1S/C17H23N3O2S/c1-11(2)7-5-9-18-16(21)14-12(3)19-15(20-17(14)23-4)13-8-6-10-22-13/h6,8,10-11H,5,7,9H2,1-4H3,(H,18,21).